The van der Waals surface area contributed by atoms with E-state index in [-0.39, 0.29) is 31.3 Å². The minimum absolute atomic E-state index is 0.0108. The molecule has 0 aromatic heterocycles. The molecule has 2 amide bonds. The summed E-state index contributed by atoms with van der Waals surface area (Å²) in [6.07, 6.45) is -0.363. The van der Waals surface area contributed by atoms with E-state index in [2.05, 4.69) is 15.4 Å². The molecule has 1 saturated heterocycles. The van der Waals surface area contributed by atoms with Gasteiger partial charge in [-0.25, -0.2) is 0 Å². The molecule has 114 valence electrons. The lowest BCUT2D eigenvalue weighted by atomic mass is 10.2. The van der Waals surface area contributed by atoms with Crippen molar-refractivity contribution in [2.24, 2.45) is 0 Å². The zero-order valence-electron chi connectivity index (χ0n) is 11.7. The van der Waals surface area contributed by atoms with E-state index in [1.165, 1.54) is 14.0 Å². The van der Waals surface area contributed by atoms with Crippen molar-refractivity contribution in [3.05, 3.63) is 0 Å². The van der Waals surface area contributed by atoms with Gasteiger partial charge in [0, 0.05) is 33.0 Å². The van der Waals surface area contributed by atoms with Gasteiger partial charge in [-0.05, 0) is 0 Å². The predicted molar refractivity (Wildman–Crippen MR) is 69.7 cm³/mol. The van der Waals surface area contributed by atoms with Crippen LogP contribution in [0.2, 0.25) is 0 Å². The monoisotopic (exact) mass is 287 g/mol. The Hall–Kier alpha value is -1.67. The van der Waals surface area contributed by atoms with E-state index in [0.29, 0.717) is 13.1 Å². The van der Waals surface area contributed by atoms with Crippen LogP contribution in [0.25, 0.3) is 0 Å². The fraction of sp³-hybridized carbons (Fsp3) is 0.750. The molecule has 0 radical (unpaired) electrons. The Morgan fingerprint density at radius 1 is 1.30 bits per heavy atom. The Morgan fingerprint density at radius 2 is 1.95 bits per heavy atom. The number of aliphatic hydroxyl groups excluding tert-OH is 1. The molecular weight excluding hydrogens is 266 g/mol. The third-order valence-electron chi connectivity index (χ3n) is 3.02. The molecule has 8 heteroatoms. The summed E-state index contributed by atoms with van der Waals surface area (Å²) >= 11 is 0. The van der Waals surface area contributed by atoms with E-state index in [1.54, 1.807) is 4.90 Å². The number of methoxy groups -OCH3 is 1. The summed E-state index contributed by atoms with van der Waals surface area (Å²) in [6, 6.07) is -0.587. The predicted octanol–water partition coefficient (Wildman–Crippen LogP) is -2.15. The lowest BCUT2D eigenvalue weighted by molar-refractivity contribution is -0.146. The molecule has 2 unspecified atom stereocenters. The number of β-amino-alcohol motifs (C(OH)–C–C–N with tert-alkyl or cyclic N) is 1. The van der Waals surface area contributed by atoms with Crippen molar-refractivity contribution in [2.75, 3.05) is 33.3 Å². The Morgan fingerprint density at radius 3 is 2.55 bits per heavy atom. The maximum absolute atomic E-state index is 11.7. The van der Waals surface area contributed by atoms with Crippen molar-refractivity contribution >= 4 is 17.8 Å². The van der Waals surface area contributed by atoms with Crippen LogP contribution < -0.4 is 10.6 Å². The van der Waals surface area contributed by atoms with Crippen LogP contribution in [0.4, 0.5) is 0 Å². The molecule has 0 aliphatic carbocycles. The number of esters is 1. The number of hydrogen-bond acceptors (Lipinski definition) is 6. The third kappa shape index (κ3) is 5.14. The molecule has 0 aromatic rings. The Bertz CT molecular complexity index is 374. The lowest BCUT2D eigenvalue weighted by Crippen LogP contribution is -2.44. The summed E-state index contributed by atoms with van der Waals surface area (Å²) < 4.78 is 4.65. The number of aliphatic hydroxyl groups is 1. The quantitative estimate of drug-likeness (QED) is 0.380. The second-order valence-corrected chi connectivity index (χ2v) is 4.69. The van der Waals surface area contributed by atoms with Crippen LogP contribution in [0.3, 0.4) is 0 Å². The number of rotatable bonds is 6. The van der Waals surface area contributed by atoms with Crippen molar-refractivity contribution < 1.29 is 24.2 Å². The smallest absolute Gasteiger partial charge is 0.323 e. The summed E-state index contributed by atoms with van der Waals surface area (Å²) in [5.41, 5.74) is 0. The lowest BCUT2D eigenvalue weighted by Gasteiger charge is -2.21. The summed E-state index contributed by atoms with van der Waals surface area (Å²) in [5, 5.41) is 14.8. The van der Waals surface area contributed by atoms with Crippen molar-refractivity contribution in [3.63, 3.8) is 0 Å². The van der Waals surface area contributed by atoms with Crippen LogP contribution in [0.1, 0.15) is 13.3 Å². The first-order valence-corrected chi connectivity index (χ1v) is 6.45. The topological polar surface area (TPSA) is 108 Å². The van der Waals surface area contributed by atoms with Crippen molar-refractivity contribution in [3.8, 4) is 0 Å². The minimum Gasteiger partial charge on any atom is -0.468 e. The largest absolute Gasteiger partial charge is 0.468 e. The first kappa shape index (κ1) is 16.4. The average Bonchev–Trinajstić information content (AvgIpc) is 2.74. The Kier molecular flexibility index (Phi) is 6.40. The Balaban J connectivity index is 2.36. The average molecular weight is 287 g/mol. The molecule has 0 spiro atoms. The number of amides is 2. The zero-order valence-corrected chi connectivity index (χ0v) is 11.7. The molecule has 0 saturated carbocycles. The van der Waals surface area contributed by atoms with Gasteiger partial charge in [-0.15, -0.1) is 0 Å². The van der Waals surface area contributed by atoms with Crippen LogP contribution in [0.15, 0.2) is 0 Å². The highest BCUT2D eigenvalue weighted by molar-refractivity contribution is 5.81. The molecule has 2 atom stereocenters. The molecule has 3 N–H and O–H groups in total. The summed E-state index contributed by atoms with van der Waals surface area (Å²) in [7, 11) is 1.28. The van der Waals surface area contributed by atoms with Gasteiger partial charge < -0.3 is 20.5 Å². The molecular formula is C12H21N3O5. The highest BCUT2D eigenvalue weighted by Gasteiger charge is 2.37. The van der Waals surface area contributed by atoms with Gasteiger partial charge in [0.1, 0.15) is 6.04 Å². The van der Waals surface area contributed by atoms with Crippen LogP contribution in [-0.2, 0) is 19.1 Å². The van der Waals surface area contributed by atoms with E-state index in [9.17, 15) is 19.5 Å². The number of nitrogens with zero attached hydrogens (tertiary/aromatic N) is 1. The molecule has 1 rings (SSSR count). The molecule has 1 fully saturated rings. The van der Waals surface area contributed by atoms with Gasteiger partial charge in [0.25, 0.3) is 0 Å². The van der Waals surface area contributed by atoms with E-state index < -0.39 is 18.1 Å². The zero-order chi connectivity index (χ0) is 15.1. The van der Waals surface area contributed by atoms with Crippen molar-refractivity contribution in [1.29, 1.82) is 0 Å². The van der Waals surface area contributed by atoms with Crippen LogP contribution in [-0.4, -0.2) is 73.2 Å². The van der Waals surface area contributed by atoms with Gasteiger partial charge >= 0.3 is 5.97 Å². The summed E-state index contributed by atoms with van der Waals surface area (Å²) in [4.78, 5) is 35.5. The maximum Gasteiger partial charge on any atom is 0.323 e. The van der Waals surface area contributed by atoms with Crippen LogP contribution in [0, 0.1) is 0 Å². The number of carbonyl (C=O) groups excluding carboxylic acids is 3. The van der Waals surface area contributed by atoms with Crippen LogP contribution in [0.5, 0.6) is 0 Å². The molecule has 1 aliphatic rings. The number of nitrogens with one attached hydrogen (secondary N) is 2. The van der Waals surface area contributed by atoms with E-state index in [0.717, 1.165) is 0 Å². The van der Waals surface area contributed by atoms with Gasteiger partial charge in [0.2, 0.25) is 11.8 Å². The fourth-order valence-corrected chi connectivity index (χ4v) is 2.12. The van der Waals surface area contributed by atoms with E-state index in [4.69, 9.17) is 0 Å². The Labute approximate surface area is 117 Å². The highest BCUT2D eigenvalue weighted by Crippen LogP contribution is 2.18. The van der Waals surface area contributed by atoms with Gasteiger partial charge in [-0.1, -0.05) is 0 Å². The highest BCUT2D eigenvalue weighted by atomic mass is 16.5. The normalized spacial score (nSPS) is 22.4. The first-order valence-electron chi connectivity index (χ1n) is 6.45. The molecule has 0 bridgehead atoms. The summed E-state index contributed by atoms with van der Waals surface area (Å²) in [5.74, 6) is -0.876. The van der Waals surface area contributed by atoms with Gasteiger partial charge in [-0.2, -0.15) is 0 Å². The van der Waals surface area contributed by atoms with Gasteiger partial charge in [0.05, 0.1) is 19.8 Å². The number of hydrogen-bond donors (Lipinski definition) is 3. The van der Waals surface area contributed by atoms with Crippen molar-refractivity contribution in [1.82, 2.24) is 15.5 Å². The standard InChI is InChI=1S/C12H21N3O5/c1-8(16)13-3-4-14-11(18)7-15-6-9(17)5-10(15)12(19)20-2/h9-10,17H,3-7H2,1-2H3,(H,13,16)(H,14,18). The number of carbonyl (C=O) groups is 3. The van der Waals surface area contributed by atoms with Gasteiger partial charge in [-0.3, -0.25) is 19.3 Å². The maximum atomic E-state index is 11.7. The molecule has 0 aromatic carbocycles. The number of likely N-dealkylation sites (tertiary alicyclic amines) is 1. The molecule has 20 heavy (non-hydrogen) atoms. The fourth-order valence-electron chi connectivity index (χ4n) is 2.12. The number of ether oxygens (including phenoxy) is 1. The SMILES string of the molecule is COC(=O)C1CC(O)CN1CC(=O)NCCNC(C)=O. The minimum atomic E-state index is -0.633. The second kappa shape index (κ2) is 7.81. The molecule has 8 nitrogen and oxygen atoms in total. The van der Waals surface area contributed by atoms with Crippen molar-refractivity contribution in [2.45, 2.75) is 25.5 Å². The second-order valence-electron chi connectivity index (χ2n) is 4.69. The third-order valence-corrected chi connectivity index (χ3v) is 3.02. The van der Waals surface area contributed by atoms with E-state index in [1.807, 2.05) is 0 Å². The molecule has 1 heterocycles. The first-order chi connectivity index (χ1) is 9.43. The van der Waals surface area contributed by atoms with Gasteiger partial charge in [0.15, 0.2) is 0 Å². The van der Waals surface area contributed by atoms with Crippen LogP contribution >= 0.6 is 0 Å². The summed E-state index contributed by atoms with van der Waals surface area (Å²) in [6.45, 7) is 2.34. The van der Waals surface area contributed by atoms with E-state index >= 15 is 0 Å². The molecule has 1 aliphatic heterocycles.